The molecule has 2 N–H and O–H groups in total. The molecule has 0 saturated heterocycles. The quantitative estimate of drug-likeness (QED) is 0.305. The Hall–Kier alpha value is -4.16. The first-order chi connectivity index (χ1) is 18.1. The molecule has 0 aliphatic carbocycles. The fraction of sp³-hybridized carbons (Fsp3) is 0.226. The van der Waals surface area contributed by atoms with Crippen molar-refractivity contribution in [3.63, 3.8) is 0 Å². The molecule has 4 aromatic rings. The van der Waals surface area contributed by atoms with Crippen molar-refractivity contribution in [1.29, 1.82) is 0 Å². The van der Waals surface area contributed by atoms with E-state index in [-0.39, 0.29) is 5.91 Å². The van der Waals surface area contributed by atoms with Gasteiger partial charge in [0.05, 0.1) is 13.2 Å². The lowest BCUT2D eigenvalue weighted by Gasteiger charge is -2.26. The van der Waals surface area contributed by atoms with Gasteiger partial charge in [0.1, 0.15) is 6.61 Å². The molecule has 6 heteroatoms. The molecule has 3 aromatic carbocycles. The fourth-order valence-corrected chi connectivity index (χ4v) is 4.14. The Morgan fingerprint density at radius 3 is 2.24 bits per heavy atom. The van der Waals surface area contributed by atoms with Crippen molar-refractivity contribution in [2.45, 2.75) is 32.0 Å². The van der Waals surface area contributed by atoms with E-state index in [9.17, 15) is 4.79 Å². The van der Waals surface area contributed by atoms with E-state index in [1.807, 2.05) is 102 Å². The Labute approximate surface area is 218 Å². The molecule has 1 amide bonds. The molecule has 4 rings (SSSR count). The maximum absolute atomic E-state index is 13.5. The maximum Gasteiger partial charge on any atom is 0.240 e. The second-order valence-electron chi connectivity index (χ2n) is 8.89. The first-order valence-corrected chi connectivity index (χ1v) is 12.4. The number of methoxy groups -OCH3 is 1. The average Bonchev–Trinajstić information content (AvgIpc) is 2.95. The van der Waals surface area contributed by atoms with E-state index >= 15 is 0 Å². The van der Waals surface area contributed by atoms with Crippen LogP contribution in [0, 0.1) is 0 Å². The first-order valence-electron chi connectivity index (χ1n) is 12.4. The van der Waals surface area contributed by atoms with Crippen molar-refractivity contribution >= 4 is 5.91 Å². The van der Waals surface area contributed by atoms with Crippen LogP contribution < -0.4 is 15.2 Å². The molecule has 1 atom stereocenters. The van der Waals surface area contributed by atoms with Crippen LogP contribution in [0.1, 0.15) is 22.4 Å². The summed E-state index contributed by atoms with van der Waals surface area (Å²) in [6.45, 7) is 1.36. The number of aromatic nitrogens is 1. The zero-order valence-electron chi connectivity index (χ0n) is 21.1. The lowest BCUT2D eigenvalue weighted by molar-refractivity contribution is -0.133. The highest BCUT2D eigenvalue weighted by atomic mass is 16.5. The number of hydrogen-bond donors (Lipinski definition) is 1. The van der Waals surface area contributed by atoms with E-state index in [4.69, 9.17) is 15.2 Å². The second-order valence-corrected chi connectivity index (χ2v) is 8.89. The molecule has 0 spiro atoms. The number of benzene rings is 3. The van der Waals surface area contributed by atoms with Gasteiger partial charge in [0.25, 0.3) is 0 Å². The Bertz CT molecular complexity index is 1250. The summed E-state index contributed by atoms with van der Waals surface area (Å²) in [6, 6.07) is 30.8. The van der Waals surface area contributed by atoms with Crippen LogP contribution in [0.15, 0.2) is 103 Å². The SMILES string of the molecule is COc1cc(CN(CCc2ccccn2)C(=O)[C@H](N)Cc2ccccc2)ccc1OCc1ccccc1. The zero-order valence-corrected chi connectivity index (χ0v) is 21.1. The molecule has 37 heavy (non-hydrogen) atoms. The van der Waals surface area contributed by atoms with Gasteiger partial charge in [0, 0.05) is 31.4 Å². The molecule has 0 fully saturated rings. The molecule has 0 bridgehead atoms. The Balaban J connectivity index is 1.48. The molecule has 0 aliphatic rings. The number of carbonyl (C=O) groups is 1. The van der Waals surface area contributed by atoms with Gasteiger partial charge in [0.2, 0.25) is 5.91 Å². The number of ether oxygens (including phenoxy) is 2. The molecule has 190 valence electrons. The van der Waals surface area contributed by atoms with Crippen molar-refractivity contribution in [1.82, 2.24) is 9.88 Å². The van der Waals surface area contributed by atoms with E-state index in [0.717, 1.165) is 22.4 Å². The number of rotatable bonds is 12. The third-order valence-electron chi connectivity index (χ3n) is 6.13. The third-order valence-corrected chi connectivity index (χ3v) is 6.13. The Morgan fingerprint density at radius 2 is 1.57 bits per heavy atom. The van der Waals surface area contributed by atoms with Gasteiger partial charge < -0.3 is 20.1 Å². The van der Waals surface area contributed by atoms with Crippen molar-refractivity contribution in [3.05, 3.63) is 126 Å². The van der Waals surface area contributed by atoms with Gasteiger partial charge in [-0.25, -0.2) is 0 Å². The van der Waals surface area contributed by atoms with Gasteiger partial charge in [-0.1, -0.05) is 72.8 Å². The van der Waals surface area contributed by atoms with E-state index in [2.05, 4.69) is 4.98 Å². The summed E-state index contributed by atoms with van der Waals surface area (Å²) in [5.41, 5.74) is 10.4. The monoisotopic (exact) mass is 495 g/mol. The summed E-state index contributed by atoms with van der Waals surface area (Å²) in [5.74, 6) is 1.18. The molecule has 0 radical (unpaired) electrons. The molecule has 1 heterocycles. The second kappa shape index (κ2) is 13.2. The molecular formula is C31H33N3O3. The van der Waals surface area contributed by atoms with Gasteiger partial charge in [-0.05, 0) is 47.4 Å². The van der Waals surface area contributed by atoms with Crippen LogP contribution in [0.3, 0.4) is 0 Å². The molecule has 0 aliphatic heterocycles. The molecule has 0 unspecified atom stereocenters. The summed E-state index contributed by atoms with van der Waals surface area (Å²) >= 11 is 0. The molecule has 1 aromatic heterocycles. The average molecular weight is 496 g/mol. The van der Waals surface area contributed by atoms with Gasteiger partial charge in [-0.2, -0.15) is 0 Å². The highest BCUT2D eigenvalue weighted by Crippen LogP contribution is 2.29. The fourth-order valence-electron chi connectivity index (χ4n) is 4.14. The van der Waals surface area contributed by atoms with Crippen LogP contribution in [-0.2, 0) is 30.8 Å². The Kier molecular flexibility index (Phi) is 9.27. The van der Waals surface area contributed by atoms with Crippen LogP contribution in [0.25, 0.3) is 0 Å². The lowest BCUT2D eigenvalue weighted by atomic mass is 10.0. The van der Waals surface area contributed by atoms with Crippen LogP contribution in [0.2, 0.25) is 0 Å². The van der Waals surface area contributed by atoms with Crippen molar-refractivity contribution in [3.8, 4) is 11.5 Å². The summed E-state index contributed by atoms with van der Waals surface area (Å²) in [6.07, 6.45) is 2.89. The summed E-state index contributed by atoms with van der Waals surface area (Å²) < 4.78 is 11.6. The van der Waals surface area contributed by atoms with Gasteiger partial charge in [-0.3, -0.25) is 9.78 Å². The van der Waals surface area contributed by atoms with E-state index in [1.165, 1.54) is 0 Å². The molecular weight excluding hydrogens is 462 g/mol. The summed E-state index contributed by atoms with van der Waals surface area (Å²) in [5, 5.41) is 0. The number of pyridine rings is 1. The largest absolute Gasteiger partial charge is 0.493 e. The number of amides is 1. The third kappa shape index (κ3) is 7.66. The topological polar surface area (TPSA) is 77.7 Å². The summed E-state index contributed by atoms with van der Waals surface area (Å²) in [4.78, 5) is 19.7. The van der Waals surface area contributed by atoms with E-state index < -0.39 is 6.04 Å². The van der Waals surface area contributed by atoms with Gasteiger partial charge in [0.15, 0.2) is 11.5 Å². The minimum absolute atomic E-state index is 0.0943. The maximum atomic E-state index is 13.5. The van der Waals surface area contributed by atoms with Crippen molar-refractivity contribution in [2.24, 2.45) is 5.73 Å². The highest BCUT2D eigenvalue weighted by molar-refractivity contribution is 5.82. The smallest absolute Gasteiger partial charge is 0.240 e. The number of carbonyl (C=O) groups excluding carboxylic acids is 1. The molecule has 0 saturated carbocycles. The first kappa shape index (κ1) is 25.9. The van der Waals surface area contributed by atoms with Crippen molar-refractivity contribution < 1.29 is 14.3 Å². The van der Waals surface area contributed by atoms with Crippen LogP contribution in [-0.4, -0.2) is 35.5 Å². The zero-order chi connectivity index (χ0) is 25.9. The highest BCUT2D eigenvalue weighted by Gasteiger charge is 2.22. The van der Waals surface area contributed by atoms with Crippen LogP contribution in [0.5, 0.6) is 11.5 Å². The minimum Gasteiger partial charge on any atom is -0.493 e. The minimum atomic E-state index is -0.637. The van der Waals surface area contributed by atoms with Crippen molar-refractivity contribution in [2.75, 3.05) is 13.7 Å². The molecule has 6 nitrogen and oxygen atoms in total. The predicted molar refractivity (Wildman–Crippen MR) is 145 cm³/mol. The number of nitrogens with zero attached hydrogens (tertiary/aromatic N) is 2. The lowest BCUT2D eigenvalue weighted by Crippen LogP contribution is -2.45. The van der Waals surface area contributed by atoms with Crippen LogP contribution >= 0.6 is 0 Å². The predicted octanol–water partition coefficient (Wildman–Crippen LogP) is 4.81. The van der Waals surface area contributed by atoms with Gasteiger partial charge >= 0.3 is 0 Å². The standard InChI is InChI=1S/C31H33N3O3/c1-36-30-21-26(15-16-29(30)37-23-25-12-6-3-7-13-25)22-34(19-17-27-14-8-9-18-33-27)31(35)28(32)20-24-10-4-2-5-11-24/h2-16,18,21,28H,17,19-20,22-23,32H2,1H3/t28-/m1/s1. The van der Waals surface area contributed by atoms with Crippen LogP contribution in [0.4, 0.5) is 0 Å². The van der Waals surface area contributed by atoms with E-state index in [0.29, 0.717) is 44.0 Å². The van der Waals surface area contributed by atoms with E-state index in [1.54, 1.807) is 13.3 Å². The Morgan fingerprint density at radius 1 is 0.865 bits per heavy atom. The normalized spacial score (nSPS) is 11.5. The number of hydrogen-bond acceptors (Lipinski definition) is 5. The van der Waals surface area contributed by atoms with Gasteiger partial charge in [-0.15, -0.1) is 0 Å². The number of nitrogens with two attached hydrogens (primary N) is 1. The summed E-state index contributed by atoms with van der Waals surface area (Å²) in [7, 11) is 1.62.